The van der Waals surface area contributed by atoms with Crippen LogP contribution < -0.4 is 0 Å². The van der Waals surface area contributed by atoms with E-state index in [-0.39, 0.29) is 51.4 Å². The molecule has 0 aliphatic rings. The van der Waals surface area contributed by atoms with E-state index in [0.29, 0.717) is 6.54 Å². The maximum Gasteiger partial charge on any atom is 0 e. The molecule has 0 aliphatic carbocycles. The summed E-state index contributed by atoms with van der Waals surface area (Å²) in [7, 11) is 0. The fourth-order valence-corrected chi connectivity index (χ4v) is 0. The largest absolute Gasteiger partial charge is 0.678 e. The van der Waals surface area contributed by atoms with Crippen LogP contribution in [0.5, 0.6) is 0 Å². The average molecular weight is 152 g/mol. The van der Waals surface area contributed by atoms with Gasteiger partial charge >= 0.3 is 0 Å². The standard InChI is InChI=1S/C2H6N.4CH3.Ti/c1-2-3;;;;;/h3H,2H2,1H3;4*1H3;/q5*-1;. The number of hydrogen-bond acceptors (Lipinski definition) is 0. The Morgan fingerprint density at radius 2 is 1.00 bits per heavy atom. The van der Waals surface area contributed by atoms with Crippen molar-refractivity contribution in [3.63, 3.8) is 0 Å². The summed E-state index contributed by atoms with van der Waals surface area (Å²) in [4.78, 5) is 0. The normalized spacial score (nSPS) is 2.25. The molecule has 0 fully saturated rings. The molecule has 0 bridgehead atoms. The second-order valence-corrected chi connectivity index (χ2v) is 0.354. The predicted octanol–water partition coefficient (Wildman–Crippen LogP) is 2.86. The molecule has 0 rings (SSSR count). The minimum atomic E-state index is 0. The third kappa shape index (κ3) is 473. The fourth-order valence-electron chi connectivity index (χ4n) is 0. The summed E-state index contributed by atoms with van der Waals surface area (Å²) < 4.78 is 0. The van der Waals surface area contributed by atoms with Crippen molar-refractivity contribution in [1.82, 2.24) is 0 Å². The van der Waals surface area contributed by atoms with Crippen molar-refractivity contribution in [2.45, 2.75) is 6.92 Å². The van der Waals surface area contributed by atoms with Crippen LogP contribution in [0, 0.1) is 29.7 Å². The monoisotopic (exact) mass is 152 g/mol. The molecule has 0 saturated heterocycles. The molecule has 8 heavy (non-hydrogen) atoms. The van der Waals surface area contributed by atoms with E-state index < -0.39 is 0 Å². The van der Waals surface area contributed by atoms with E-state index in [4.69, 9.17) is 5.73 Å². The van der Waals surface area contributed by atoms with Crippen LogP contribution in [0.2, 0.25) is 0 Å². The summed E-state index contributed by atoms with van der Waals surface area (Å²) in [6.07, 6.45) is 0. The van der Waals surface area contributed by atoms with Crippen molar-refractivity contribution in [1.29, 1.82) is 0 Å². The molecule has 1 N–H and O–H groups in total. The second-order valence-electron chi connectivity index (χ2n) is 0.354. The Balaban J connectivity index is -0.00000000200. The maximum absolute atomic E-state index is 6.21. The fraction of sp³-hybridized carbons (Fsp3) is 0.333. The van der Waals surface area contributed by atoms with Gasteiger partial charge in [0.15, 0.2) is 0 Å². The van der Waals surface area contributed by atoms with Gasteiger partial charge in [-0.05, 0) is 0 Å². The molecule has 0 atom stereocenters. The Bertz CT molecular complexity index is 8.49. The molecular formula is C6H18NTi-5. The summed E-state index contributed by atoms with van der Waals surface area (Å²) in [5.41, 5.74) is 6.21. The zero-order valence-electron chi connectivity index (χ0n) is 6.71. The molecule has 0 aromatic rings. The van der Waals surface area contributed by atoms with Crippen molar-refractivity contribution < 1.29 is 21.7 Å². The molecule has 0 spiro atoms. The molecular weight excluding hydrogens is 134 g/mol. The van der Waals surface area contributed by atoms with Crippen LogP contribution in [-0.2, 0) is 21.7 Å². The van der Waals surface area contributed by atoms with Crippen LogP contribution in [0.25, 0.3) is 5.73 Å². The van der Waals surface area contributed by atoms with E-state index in [9.17, 15) is 0 Å². The quantitative estimate of drug-likeness (QED) is 0.376. The Labute approximate surface area is 70.9 Å². The van der Waals surface area contributed by atoms with Crippen LogP contribution in [-0.4, -0.2) is 6.54 Å². The molecule has 0 unspecified atom stereocenters. The first-order valence-electron chi connectivity index (χ1n) is 1.06. The van der Waals surface area contributed by atoms with Gasteiger partial charge in [0, 0.05) is 21.7 Å². The number of hydrogen-bond donors (Lipinski definition) is 0. The molecule has 0 aromatic carbocycles. The van der Waals surface area contributed by atoms with E-state index in [1.54, 1.807) is 6.92 Å². The van der Waals surface area contributed by atoms with Gasteiger partial charge in [0.1, 0.15) is 0 Å². The SMILES string of the molecule is CC[NH-].[CH3-].[CH3-].[CH3-].[CH3-].[Ti]. The van der Waals surface area contributed by atoms with Crippen molar-refractivity contribution in [2.75, 3.05) is 6.54 Å². The summed E-state index contributed by atoms with van der Waals surface area (Å²) in [6.45, 7) is 2.29. The zero-order chi connectivity index (χ0) is 2.71. The van der Waals surface area contributed by atoms with E-state index in [1.165, 1.54) is 0 Å². The van der Waals surface area contributed by atoms with E-state index in [2.05, 4.69) is 0 Å². The van der Waals surface area contributed by atoms with Gasteiger partial charge in [0.05, 0.1) is 0 Å². The molecule has 0 aromatic heterocycles. The van der Waals surface area contributed by atoms with Gasteiger partial charge in [-0.1, -0.05) is 6.92 Å². The first-order valence-corrected chi connectivity index (χ1v) is 1.06. The Hall–Kier alpha value is 0.674. The smallest absolute Gasteiger partial charge is 0 e. The first-order chi connectivity index (χ1) is 1.41. The summed E-state index contributed by atoms with van der Waals surface area (Å²) in [6, 6.07) is 0. The van der Waals surface area contributed by atoms with Crippen LogP contribution in [0.1, 0.15) is 6.92 Å². The van der Waals surface area contributed by atoms with Crippen LogP contribution in [0.3, 0.4) is 0 Å². The van der Waals surface area contributed by atoms with Gasteiger partial charge in [0.25, 0.3) is 0 Å². The van der Waals surface area contributed by atoms with E-state index in [1.807, 2.05) is 0 Å². The Kier molecular flexibility index (Phi) is 1090. The Morgan fingerprint density at radius 1 is 1.00 bits per heavy atom. The van der Waals surface area contributed by atoms with Crippen molar-refractivity contribution >= 4 is 0 Å². The van der Waals surface area contributed by atoms with Crippen molar-refractivity contribution in [3.05, 3.63) is 35.4 Å². The molecule has 0 saturated carbocycles. The summed E-state index contributed by atoms with van der Waals surface area (Å²) in [5.74, 6) is 0. The minimum absolute atomic E-state index is 0. The van der Waals surface area contributed by atoms with Gasteiger partial charge in [0.2, 0.25) is 0 Å². The van der Waals surface area contributed by atoms with Crippen LogP contribution in [0.15, 0.2) is 0 Å². The first kappa shape index (κ1) is 71.4. The maximum atomic E-state index is 6.21. The van der Waals surface area contributed by atoms with Gasteiger partial charge in [-0.2, -0.15) is 6.54 Å². The average Bonchev–Trinajstić information content (AvgIpc) is 0.918. The number of rotatable bonds is 0. The molecule has 0 aliphatic heterocycles. The predicted molar refractivity (Wildman–Crippen MR) is 40.5 cm³/mol. The second kappa shape index (κ2) is 122. The minimum Gasteiger partial charge on any atom is -0.678 e. The molecule has 1 nitrogen and oxygen atoms in total. The third-order valence-corrected chi connectivity index (χ3v) is 0. The molecule has 0 amide bonds. The molecule has 0 heterocycles. The van der Waals surface area contributed by atoms with E-state index >= 15 is 0 Å². The van der Waals surface area contributed by atoms with Crippen LogP contribution >= 0.6 is 0 Å². The topological polar surface area (TPSA) is 23.8 Å². The molecule has 2 heteroatoms. The van der Waals surface area contributed by atoms with Crippen molar-refractivity contribution in [3.8, 4) is 0 Å². The van der Waals surface area contributed by atoms with E-state index in [0.717, 1.165) is 0 Å². The zero-order valence-corrected chi connectivity index (χ0v) is 8.27. The van der Waals surface area contributed by atoms with Crippen molar-refractivity contribution in [2.24, 2.45) is 0 Å². The Morgan fingerprint density at radius 3 is 1.00 bits per heavy atom. The summed E-state index contributed by atoms with van der Waals surface area (Å²) >= 11 is 0. The molecule has 56 valence electrons. The van der Waals surface area contributed by atoms with Crippen LogP contribution in [0.4, 0.5) is 0 Å². The van der Waals surface area contributed by atoms with Gasteiger partial charge in [-0.25, -0.2) is 0 Å². The molecule has 0 radical (unpaired) electrons. The van der Waals surface area contributed by atoms with Gasteiger partial charge in [-0.15, -0.1) is 0 Å². The third-order valence-electron chi connectivity index (χ3n) is 0. The number of nitrogens with one attached hydrogen (secondary N) is 1. The van der Waals surface area contributed by atoms with Gasteiger partial charge in [-0.3, -0.25) is 0 Å². The van der Waals surface area contributed by atoms with Gasteiger partial charge < -0.3 is 35.4 Å². The summed E-state index contributed by atoms with van der Waals surface area (Å²) in [5, 5.41) is 0.